The molecule has 94 valence electrons. The number of hydrogen-bond donors (Lipinski definition) is 1. The lowest BCUT2D eigenvalue weighted by Crippen LogP contribution is -2.52. The molecule has 0 spiro atoms. The summed E-state index contributed by atoms with van der Waals surface area (Å²) in [6, 6.07) is 0. The number of hydrogen-bond acceptors (Lipinski definition) is 3. The van der Waals surface area contributed by atoms with Crippen LogP contribution in [0.4, 0.5) is 0 Å². The number of thiophene rings is 1. The van der Waals surface area contributed by atoms with Crippen molar-refractivity contribution < 1.29 is 14.7 Å². The number of carbonyl (C=O) groups excluding carboxylic acids is 1. The quantitative estimate of drug-likeness (QED) is 0.898. The molecular formula is C12H17NO3S. The van der Waals surface area contributed by atoms with Gasteiger partial charge in [-0.25, -0.2) is 4.79 Å². The van der Waals surface area contributed by atoms with Crippen LogP contribution in [0.3, 0.4) is 0 Å². The molecule has 0 aromatic carbocycles. The summed E-state index contributed by atoms with van der Waals surface area (Å²) in [5.41, 5.74) is 0.283. The van der Waals surface area contributed by atoms with Gasteiger partial charge < -0.3 is 10.0 Å². The molecule has 0 unspecified atom stereocenters. The van der Waals surface area contributed by atoms with Crippen molar-refractivity contribution in [3.63, 3.8) is 0 Å². The second-order valence-corrected chi connectivity index (χ2v) is 5.13. The standard InChI is InChI=1S/C12H17NO3S/c1-5-13(12(3,4)11(15)16)10(14)9-7-17-6-8(9)2/h6-7H,5H2,1-4H3,(H,15,16). The Kier molecular flexibility index (Phi) is 3.93. The molecule has 1 amide bonds. The molecule has 4 nitrogen and oxygen atoms in total. The highest BCUT2D eigenvalue weighted by molar-refractivity contribution is 7.08. The van der Waals surface area contributed by atoms with E-state index in [9.17, 15) is 9.59 Å². The summed E-state index contributed by atoms with van der Waals surface area (Å²) >= 11 is 1.45. The number of aryl methyl sites for hydroxylation is 1. The van der Waals surface area contributed by atoms with Crippen LogP contribution >= 0.6 is 11.3 Å². The zero-order valence-electron chi connectivity index (χ0n) is 10.5. The Balaban J connectivity index is 3.09. The highest BCUT2D eigenvalue weighted by Crippen LogP contribution is 2.22. The predicted molar refractivity (Wildman–Crippen MR) is 67.5 cm³/mol. The number of amides is 1. The maximum Gasteiger partial charge on any atom is 0.329 e. The van der Waals surface area contributed by atoms with Gasteiger partial charge in [0.2, 0.25) is 0 Å². The van der Waals surface area contributed by atoms with Crippen LogP contribution in [0.2, 0.25) is 0 Å². The normalized spacial score (nSPS) is 11.3. The van der Waals surface area contributed by atoms with E-state index in [1.54, 1.807) is 26.2 Å². The zero-order valence-corrected chi connectivity index (χ0v) is 11.3. The third-order valence-corrected chi connectivity index (χ3v) is 3.71. The molecule has 0 saturated heterocycles. The zero-order chi connectivity index (χ0) is 13.2. The van der Waals surface area contributed by atoms with Gasteiger partial charge in [-0.05, 0) is 38.6 Å². The monoisotopic (exact) mass is 255 g/mol. The van der Waals surface area contributed by atoms with Crippen molar-refractivity contribution in [1.29, 1.82) is 0 Å². The van der Waals surface area contributed by atoms with E-state index in [2.05, 4.69) is 0 Å². The van der Waals surface area contributed by atoms with Crippen LogP contribution in [0.1, 0.15) is 36.7 Å². The molecule has 1 aromatic rings. The summed E-state index contributed by atoms with van der Waals surface area (Å²) in [5.74, 6) is -1.22. The molecule has 0 aliphatic rings. The van der Waals surface area contributed by atoms with Crippen molar-refractivity contribution in [3.05, 3.63) is 21.9 Å². The molecule has 0 atom stereocenters. The number of aliphatic carboxylic acids is 1. The molecule has 0 aliphatic heterocycles. The first-order chi connectivity index (χ1) is 7.82. The van der Waals surface area contributed by atoms with Gasteiger partial charge in [0.25, 0.3) is 5.91 Å². The molecule has 0 radical (unpaired) electrons. The molecule has 1 heterocycles. The second kappa shape index (κ2) is 4.87. The van der Waals surface area contributed by atoms with E-state index in [0.29, 0.717) is 12.1 Å². The van der Waals surface area contributed by atoms with E-state index in [1.807, 2.05) is 12.3 Å². The fourth-order valence-electron chi connectivity index (χ4n) is 1.63. The maximum atomic E-state index is 12.3. The maximum absolute atomic E-state index is 12.3. The number of likely N-dealkylation sites (N-methyl/N-ethyl adjacent to an activating group) is 1. The van der Waals surface area contributed by atoms with Crippen molar-refractivity contribution in [2.75, 3.05) is 6.54 Å². The minimum absolute atomic E-state index is 0.223. The lowest BCUT2D eigenvalue weighted by molar-refractivity contribution is -0.147. The Morgan fingerprint density at radius 2 is 2.00 bits per heavy atom. The summed E-state index contributed by atoms with van der Waals surface area (Å²) in [6.45, 7) is 7.08. The van der Waals surface area contributed by atoms with E-state index >= 15 is 0 Å². The average molecular weight is 255 g/mol. The fourth-order valence-corrected chi connectivity index (χ4v) is 2.46. The van der Waals surface area contributed by atoms with Crippen LogP contribution in [0.15, 0.2) is 10.8 Å². The SMILES string of the molecule is CCN(C(=O)c1cscc1C)C(C)(C)C(=O)O. The van der Waals surface area contributed by atoms with Crippen LogP contribution in [0.5, 0.6) is 0 Å². The number of rotatable bonds is 4. The van der Waals surface area contributed by atoms with Crippen molar-refractivity contribution in [3.8, 4) is 0 Å². The van der Waals surface area contributed by atoms with Crippen LogP contribution in [0.25, 0.3) is 0 Å². The van der Waals surface area contributed by atoms with Gasteiger partial charge in [0, 0.05) is 11.9 Å². The van der Waals surface area contributed by atoms with Crippen molar-refractivity contribution in [1.82, 2.24) is 4.90 Å². The number of carbonyl (C=O) groups is 2. The van der Waals surface area contributed by atoms with Gasteiger partial charge >= 0.3 is 5.97 Å². The van der Waals surface area contributed by atoms with Crippen molar-refractivity contribution in [2.45, 2.75) is 33.2 Å². The number of carboxylic acids is 1. The third-order valence-electron chi connectivity index (χ3n) is 2.85. The van der Waals surface area contributed by atoms with Crippen molar-refractivity contribution >= 4 is 23.2 Å². The van der Waals surface area contributed by atoms with Crippen LogP contribution in [-0.4, -0.2) is 34.0 Å². The van der Waals surface area contributed by atoms with E-state index < -0.39 is 11.5 Å². The summed E-state index contributed by atoms with van der Waals surface area (Å²) < 4.78 is 0. The Labute approximate surface area is 105 Å². The minimum Gasteiger partial charge on any atom is -0.480 e. The third kappa shape index (κ3) is 2.49. The summed E-state index contributed by atoms with van der Waals surface area (Å²) in [5, 5.41) is 12.8. The Bertz CT molecular complexity index is 437. The first kappa shape index (κ1) is 13.7. The van der Waals surface area contributed by atoms with Gasteiger partial charge in [-0.3, -0.25) is 4.79 Å². The molecule has 0 bridgehead atoms. The largest absolute Gasteiger partial charge is 0.480 e. The van der Waals surface area contributed by atoms with Gasteiger partial charge in [0.1, 0.15) is 5.54 Å². The molecule has 0 aliphatic carbocycles. The molecule has 1 aromatic heterocycles. The molecule has 0 fully saturated rings. The highest BCUT2D eigenvalue weighted by atomic mass is 32.1. The lowest BCUT2D eigenvalue weighted by atomic mass is 10.0. The Morgan fingerprint density at radius 1 is 1.41 bits per heavy atom. The van der Waals surface area contributed by atoms with Crippen LogP contribution < -0.4 is 0 Å². The average Bonchev–Trinajstić information content (AvgIpc) is 2.64. The van der Waals surface area contributed by atoms with Gasteiger partial charge in [-0.15, -0.1) is 0 Å². The van der Waals surface area contributed by atoms with E-state index in [4.69, 9.17) is 5.11 Å². The van der Waals surface area contributed by atoms with Crippen LogP contribution in [0, 0.1) is 6.92 Å². The Morgan fingerprint density at radius 3 is 2.35 bits per heavy atom. The number of carboxylic acid groups (broad SMARTS) is 1. The summed E-state index contributed by atoms with van der Waals surface area (Å²) in [4.78, 5) is 24.8. The number of nitrogens with zero attached hydrogens (tertiary/aromatic N) is 1. The fraction of sp³-hybridized carbons (Fsp3) is 0.500. The topological polar surface area (TPSA) is 57.6 Å². The molecule has 1 rings (SSSR count). The first-order valence-corrected chi connectivity index (χ1v) is 6.34. The second-order valence-electron chi connectivity index (χ2n) is 4.38. The molecular weight excluding hydrogens is 238 g/mol. The molecule has 5 heteroatoms. The lowest BCUT2D eigenvalue weighted by Gasteiger charge is -2.34. The van der Waals surface area contributed by atoms with Gasteiger partial charge in [-0.2, -0.15) is 11.3 Å². The van der Waals surface area contributed by atoms with E-state index in [1.165, 1.54) is 16.2 Å². The van der Waals surface area contributed by atoms with E-state index in [-0.39, 0.29) is 5.91 Å². The van der Waals surface area contributed by atoms with Gasteiger partial charge in [0.15, 0.2) is 0 Å². The van der Waals surface area contributed by atoms with Crippen molar-refractivity contribution in [2.24, 2.45) is 0 Å². The first-order valence-electron chi connectivity index (χ1n) is 5.40. The van der Waals surface area contributed by atoms with Crippen LogP contribution in [-0.2, 0) is 4.79 Å². The van der Waals surface area contributed by atoms with Gasteiger partial charge in [0.05, 0.1) is 5.56 Å². The van der Waals surface area contributed by atoms with E-state index in [0.717, 1.165) is 5.56 Å². The highest BCUT2D eigenvalue weighted by Gasteiger charge is 2.37. The predicted octanol–water partition coefficient (Wildman–Crippen LogP) is 2.38. The Hall–Kier alpha value is -1.36. The summed E-state index contributed by atoms with van der Waals surface area (Å²) in [6.07, 6.45) is 0. The van der Waals surface area contributed by atoms with Gasteiger partial charge in [-0.1, -0.05) is 0 Å². The smallest absolute Gasteiger partial charge is 0.329 e. The summed E-state index contributed by atoms with van der Waals surface area (Å²) in [7, 11) is 0. The molecule has 17 heavy (non-hydrogen) atoms. The minimum atomic E-state index is -1.19. The molecule has 0 saturated carbocycles. The molecule has 1 N–H and O–H groups in total.